The predicted molar refractivity (Wildman–Crippen MR) is 68.0 cm³/mol. The van der Waals surface area contributed by atoms with Crippen LogP contribution >= 0.6 is 0 Å². The van der Waals surface area contributed by atoms with Crippen molar-refractivity contribution in [3.05, 3.63) is 0 Å². The lowest BCUT2D eigenvalue weighted by Crippen LogP contribution is -2.34. The van der Waals surface area contributed by atoms with Crippen molar-refractivity contribution in [1.82, 2.24) is 0 Å². The van der Waals surface area contributed by atoms with Crippen LogP contribution in [-0.2, 0) is 9.84 Å². The van der Waals surface area contributed by atoms with Crippen molar-refractivity contribution in [2.24, 2.45) is 17.6 Å². The van der Waals surface area contributed by atoms with Gasteiger partial charge in [0.1, 0.15) is 0 Å². The molecule has 3 atom stereocenters. The van der Waals surface area contributed by atoms with Gasteiger partial charge in [0.2, 0.25) is 0 Å². The van der Waals surface area contributed by atoms with Crippen LogP contribution in [0.5, 0.6) is 0 Å². The van der Waals surface area contributed by atoms with E-state index in [0.717, 1.165) is 12.8 Å². The number of hydrogen-bond donors (Lipinski definition) is 1. The second-order valence-corrected chi connectivity index (χ2v) is 8.07. The molecule has 96 valence electrons. The van der Waals surface area contributed by atoms with E-state index in [1.165, 1.54) is 6.42 Å². The Hall–Kier alpha value is -0.0900. The first-order valence-electron chi connectivity index (χ1n) is 6.28. The fourth-order valence-corrected chi connectivity index (χ4v) is 4.96. The average molecular weight is 247 g/mol. The third-order valence-corrected chi connectivity index (χ3v) is 5.71. The van der Waals surface area contributed by atoms with Gasteiger partial charge in [-0.2, -0.15) is 0 Å². The van der Waals surface area contributed by atoms with Gasteiger partial charge in [0.15, 0.2) is 9.84 Å². The SMILES string of the molecule is CC(N)CCS(=O)(=O)C1CC(C)CC(C)C1. The van der Waals surface area contributed by atoms with Gasteiger partial charge in [0.05, 0.1) is 11.0 Å². The topological polar surface area (TPSA) is 60.2 Å². The quantitative estimate of drug-likeness (QED) is 0.826. The minimum absolute atomic E-state index is 0.0202. The summed E-state index contributed by atoms with van der Waals surface area (Å²) in [6.07, 6.45) is 3.43. The Balaban J connectivity index is 2.60. The van der Waals surface area contributed by atoms with Gasteiger partial charge in [-0.05, 0) is 44.4 Å². The molecule has 0 aromatic rings. The highest BCUT2D eigenvalue weighted by Gasteiger charge is 2.32. The molecule has 0 radical (unpaired) electrons. The van der Waals surface area contributed by atoms with Crippen LogP contribution in [0.1, 0.15) is 46.5 Å². The van der Waals surface area contributed by atoms with E-state index in [-0.39, 0.29) is 17.0 Å². The van der Waals surface area contributed by atoms with Gasteiger partial charge >= 0.3 is 0 Å². The van der Waals surface area contributed by atoms with Gasteiger partial charge in [0.25, 0.3) is 0 Å². The number of nitrogens with two attached hydrogens (primary N) is 1. The van der Waals surface area contributed by atoms with E-state index < -0.39 is 9.84 Å². The predicted octanol–water partition coefficient (Wildman–Crippen LogP) is 1.96. The standard InChI is InChI=1S/C12H25NO2S/c1-9-6-10(2)8-12(7-9)16(14,15)5-4-11(3)13/h9-12H,4-8,13H2,1-3H3. The molecule has 2 N–H and O–H groups in total. The maximum atomic E-state index is 12.1. The maximum Gasteiger partial charge on any atom is 0.153 e. The molecule has 0 saturated heterocycles. The minimum Gasteiger partial charge on any atom is -0.328 e. The Labute approximate surface area is 99.7 Å². The van der Waals surface area contributed by atoms with Gasteiger partial charge in [-0.15, -0.1) is 0 Å². The smallest absolute Gasteiger partial charge is 0.153 e. The molecule has 3 unspecified atom stereocenters. The normalized spacial score (nSPS) is 33.6. The molecule has 1 aliphatic carbocycles. The largest absolute Gasteiger partial charge is 0.328 e. The fraction of sp³-hybridized carbons (Fsp3) is 1.00. The monoisotopic (exact) mass is 247 g/mol. The van der Waals surface area contributed by atoms with E-state index in [4.69, 9.17) is 5.73 Å². The molecule has 1 saturated carbocycles. The van der Waals surface area contributed by atoms with Crippen LogP contribution in [0, 0.1) is 11.8 Å². The number of rotatable bonds is 4. The number of sulfone groups is 1. The average Bonchev–Trinajstić information content (AvgIpc) is 2.13. The molecule has 0 aromatic heterocycles. The molecule has 0 heterocycles. The van der Waals surface area contributed by atoms with Gasteiger partial charge < -0.3 is 5.73 Å². The van der Waals surface area contributed by atoms with Gasteiger partial charge in [0, 0.05) is 6.04 Å². The van der Waals surface area contributed by atoms with Gasteiger partial charge in [-0.3, -0.25) is 0 Å². The van der Waals surface area contributed by atoms with Crippen molar-refractivity contribution in [1.29, 1.82) is 0 Å². The molecule has 0 bridgehead atoms. The first-order valence-corrected chi connectivity index (χ1v) is 8.00. The zero-order chi connectivity index (χ0) is 12.3. The van der Waals surface area contributed by atoms with Crippen LogP contribution in [0.4, 0.5) is 0 Å². The zero-order valence-corrected chi connectivity index (χ0v) is 11.5. The summed E-state index contributed by atoms with van der Waals surface area (Å²) in [7, 11) is -2.92. The molecule has 1 rings (SSSR count). The second kappa shape index (κ2) is 5.50. The summed E-state index contributed by atoms with van der Waals surface area (Å²) in [5.41, 5.74) is 5.62. The molecule has 0 spiro atoms. The van der Waals surface area contributed by atoms with E-state index in [2.05, 4.69) is 13.8 Å². The Morgan fingerprint density at radius 1 is 1.19 bits per heavy atom. The van der Waals surface area contributed by atoms with E-state index in [1.807, 2.05) is 6.92 Å². The molecule has 0 aliphatic heterocycles. The van der Waals surface area contributed by atoms with E-state index in [9.17, 15) is 8.42 Å². The van der Waals surface area contributed by atoms with Crippen molar-refractivity contribution in [3.8, 4) is 0 Å². The Morgan fingerprint density at radius 3 is 2.12 bits per heavy atom. The summed E-state index contributed by atoms with van der Waals surface area (Å²) in [6, 6.07) is -0.0202. The van der Waals surface area contributed by atoms with Crippen molar-refractivity contribution in [2.45, 2.75) is 57.7 Å². The second-order valence-electron chi connectivity index (χ2n) is 5.67. The number of hydrogen-bond acceptors (Lipinski definition) is 3. The third-order valence-electron chi connectivity index (χ3n) is 3.50. The molecule has 16 heavy (non-hydrogen) atoms. The van der Waals surface area contributed by atoms with Crippen LogP contribution in [0.15, 0.2) is 0 Å². The molecular weight excluding hydrogens is 222 g/mol. The minimum atomic E-state index is -2.92. The molecule has 1 fully saturated rings. The van der Waals surface area contributed by atoms with E-state index in [1.54, 1.807) is 0 Å². The Kier molecular flexibility index (Phi) is 4.80. The summed E-state index contributed by atoms with van der Waals surface area (Å²) in [5.74, 6) is 1.34. The van der Waals surface area contributed by atoms with Crippen LogP contribution in [-0.4, -0.2) is 25.5 Å². The highest BCUT2D eigenvalue weighted by molar-refractivity contribution is 7.92. The lowest BCUT2D eigenvalue weighted by Gasteiger charge is -2.31. The summed E-state index contributed by atoms with van der Waals surface area (Å²) in [5, 5.41) is -0.120. The molecule has 0 aromatic carbocycles. The third kappa shape index (κ3) is 4.06. The van der Waals surface area contributed by atoms with Gasteiger partial charge in [-0.1, -0.05) is 13.8 Å². The molecular formula is C12H25NO2S. The summed E-state index contributed by atoms with van der Waals surface area (Å²) in [6.45, 7) is 6.18. The molecule has 0 amide bonds. The first kappa shape index (κ1) is 14.0. The highest BCUT2D eigenvalue weighted by Crippen LogP contribution is 2.32. The Bertz CT molecular complexity index is 301. The van der Waals surface area contributed by atoms with Crippen LogP contribution in [0.2, 0.25) is 0 Å². The zero-order valence-electron chi connectivity index (χ0n) is 10.6. The van der Waals surface area contributed by atoms with Gasteiger partial charge in [-0.25, -0.2) is 8.42 Å². The van der Waals surface area contributed by atoms with Crippen LogP contribution in [0.3, 0.4) is 0 Å². The summed E-state index contributed by atoms with van der Waals surface area (Å²) >= 11 is 0. The molecule has 3 nitrogen and oxygen atoms in total. The summed E-state index contributed by atoms with van der Waals surface area (Å²) < 4.78 is 24.3. The molecule has 4 heteroatoms. The van der Waals surface area contributed by atoms with Crippen molar-refractivity contribution >= 4 is 9.84 Å². The van der Waals surface area contributed by atoms with Crippen molar-refractivity contribution in [2.75, 3.05) is 5.75 Å². The van der Waals surface area contributed by atoms with E-state index >= 15 is 0 Å². The lowest BCUT2D eigenvalue weighted by molar-refractivity contribution is 0.301. The first-order chi connectivity index (χ1) is 7.31. The van der Waals surface area contributed by atoms with Crippen LogP contribution in [0.25, 0.3) is 0 Å². The molecule has 1 aliphatic rings. The Morgan fingerprint density at radius 2 is 1.69 bits per heavy atom. The lowest BCUT2D eigenvalue weighted by atomic mass is 9.83. The van der Waals surface area contributed by atoms with Crippen LogP contribution < -0.4 is 5.73 Å². The highest BCUT2D eigenvalue weighted by atomic mass is 32.2. The van der Waals surface area contributed by atoms with Crippen molar-refractivity contribution < 1.29 is 8.42 Å². The van der Waals surface area contributed by atoms with E-state index in [0.29, 0.717) is 18.3 Å². The maximum absolute atomic E-state index is 12.1. The van der Waals surface area contributed by atoms with Crippen molar-refractivity contribution in [3.63, 3.8) is 0 Å². The summed E-state index contributed by atoms with van der Waals surface area (Å²) in [4.78, 5) is 0. The fourth-order valence-electron chi connectivity index (χ4n) is 2.68.